The molecule has 3 heterocycles. The van der Waals surface area contributed by atoms with E-state index in [9.17, 15) is 22.8 Å². The number of halogens is 3. The van der Waals surface area contributed by atoms with Gasteiger partial charge in [0.05, 0.1) is 12.2 Å². The Morgan fingerprint density at radius 3 is 2.88 bits per heavy atom. The van der Waals surface area contributed by atoms with E-state index in [0.29, 0.717) is 22.0 Å². The molecule has 0 aromatic carbocycles. The van der Waals surface area contributed by atoms with Gasteiger partial charge in [0.2, 0.25) is 5.91 Å². The minimum absolute atomic E-state index is 0.0706. The lowest BCUT2D eigenvalue weighted by Gasteiger charge is -2.24. The number of alkyl halides is 3. The van der Waals surface area contributed by atoms with Crippen LogP contribution in [0.3, 0.4) is 0 Å². The summed E-state index contributed by atoms with van der Waals surface area (Å²) in [5.74, 6) is -2.57. The van der Waals surface area contributed by atoms with Crippen LogP contribution in [0.25, 0.3) is 11.3 Å². The first kappa shape index (κ1) is 18.3. The molecule has 0 aliphatic carbocycles. The average molecular weight is 384 g/mol. The van der Waals surface area contributed by atoms with E-state index < -0.39 is 24.0 Å². The largest absolute Gasteiger partial charge is 0.471 e. The van der Waals surface area contributed by atoms with Crippen molar-refractivity contribution in [3.05, 3.63) is 34.9 Å². The van der Waals surface area contributed by atoms with Crippen molar-refractivity contribution in [1.29, 1.82) is 0 Å². The maximum absolute atomic E-state index is 12.6. The van der Waals surface area contributed by atoms with Crippen molar-refractivity contribution in [3.8, 4) is 11.3 Å². The quantitative estimate of drug-likeness (QED) is 0.878. The summed E-state index contributed by atoms with van der Waals surface area (Å²) >= 11 is 1.33. The van der Waals surface area contributed by atoms with Gasteiger partial charge in [0.1, 0.15) is 11.0 Å². The second-order valence-corrected chi connectivity index (χ2v) is 6.68. The van der Waals surface area contributed by atoms with Crippen LogP contribution in [-0.4, -0.2) is 45.4 Å². The summed E-state index contributed by atoms with van der Waals surface area (Å²) < 4.78 is 37.8. The summed E-state index contributed by atoms with van der Waals surface area (Å²) in [7, 11) is 0. The van der Waals surface area contributed by atoms with Crippen LogP contribution >= 0.6 is 11.3 Å². The fraction of sp³-hybridized carbons (Fsp3) is 0.375. The van der Waals surface area contributed by atoms with E-state index in [1.165, 1.54) is 11.3 Å². The molecular weight excluding hydrogens is 369 g/mol. The predicted molar refractivity (Wildman–Crippen MR) is 88.0 cm³/mol. The van der Waals surface area contributed by atoms with E-state index in [0.717, 1.165) is 5.56 Å². The number of hydrogen-bond donors (Lipinski definition) is 1. The highest BCUT2D eigenvalue weighted by molar-refractivity contribution is 7.09. The van der Waals surface area contributed by atoms with E-state index in [2.05, 4.69) is 15.3 Å². The minimum atomic E-state index is -4.98. The van der Waals surface area contributed by atoms with Crippen LogP contribution in [0.5, 0.6) is 0 Å². The maximum atomic E-state index is 12.6. The van der Waals surface area contributed by atoms with Gasteiger partial charge in [-0.15, -0.1) is 11.3 Å². The molecular formula is C16H15F3N4O2S. The SMILES string of the molecule is O=C(NCc1nc(-c2cccnc2)cs1)C1CCCN1C(=O)C(F)(F)F. The first-order valence-corrected chi connectivity index (χ1v) is 8.74. The van der Waals surface area contributed by atoms with Gasteiger partial charge in [0.15, 0.2) is 0 Å². The van der Waals surface area contributed by atoms with E-state index in [-0.39, 0.29) is 19.5 Å². The van der Waals surface area contributed by atoms with Gasteiger partial charge in [0.25, 0.3) is 0 Å². The lowest BCUT2D eigenvalue weighted by Crippen LogP contribution is -2.50. The Morgan fingerprint density at radius 2 is 2.19 bits per heavy atom. The van der Waals surface area contributed by atoms with Crippen molar-refractivity contribution in [2.45, 2.75) is 31.6 Å². The second-order valence-electron chi connectivity index (χ2n) is 5.74. The van der Waals surface area contributed by atoms with Crippen LogP contribution in [0, 0.1) is 0 Å². The smallest absolute Gasteiger partial charge is 0.348 e. The zero-order valence-corrected chi connectivity index (χ0v) is 14.3. The van der Waals surface area contributed by atoms with Gasteiger partial charge in [-0.3, -0.25) is 14.6 Å². The van der Waals surface area contributed by atoms with Crippen molar-refractivity contribution >= 4 is 23.2 Å². The molecule has 138 valence electrons. The van der Waals surface area contributed by atoms with Gasteiger partial charge in [-0.05, 0) is 25.0 Å². The minimum Gasteiger partial charge on any atom is -0.348 e. The third kappa shape index (κ3) is 4.01. The Labute approximate surface area is 151 Å². The van der Waals surface area contributed by atoms with Crippen molar-refractivity contribution in [1.82, 2.24) is 20.2 Å². The van der Waals surface area contributed by atoms with Crippen LogP contribution in [-0.2, 0) is 16.1 Å². The zero-order valence-electron chi connectivity index (χ0n) is 13.5. The Bertz CT molecular complexity index is 794. The number of carbonyl (C=O) groups is 2. The number of aromatic nitrogens is 2. The Morgan fingerprint density at radius 1 is 1.38 bits per heavy atom. The highest BCUT2D eigenvalue weighted by atomic mass is 32.1. The number of pyridine rings is 1. The Balaban J connectivity index is 1.60. The van der Waals surface area contributed by atoms with Gasteiger partial charge in [-0.2, -0.15) is 13.2 Å². The molecule has 2 amide bonds. The van der Waals surface area contributed by atoms with Crippen LogP contribution < -0.4 is 5.32 Å². The van der Waals surface area contributed by atoms with Crippen molar-refractivity contribution < 1.29 is 22.8 Å². The highest BCUT2D eigenvalue weighted by Crippen LogP contribution is 2.26. The summed E-state index contributed by atoms with van der Waals surface area (Å²) in [6.07, 6.45) is -1.09. The first-order valence-electron chi connectivity index (χ1n) is 7.86. The third-order valence-corrected chi connectivity index (χ3v) is 4.83. The van der Waals surface area contributed by atoms with Crippen LogP contribution in [0.15, 0.2) is 29.9 Å². The van der Waals surface area contributed by atoms with E-state index in [4.69, 9.17) is 0 Å². The summed E-state index contributed by atoms with van der Waals surface area (Å²) in [5.41, 5.74) is 1.54. The summed E-state index contributed by atoms with van der Waals surface area (Å²) in [5, 5.41) is 5.00. The highest BCUT2D eigenvalue weighted by Gasteiger charge is 2.47. The van der Waals surface area contributed by atoms with Gasteiger partial charge in [-0.25, -0.2) is 4.98 Å². The standard InChI is InChI=1S/C16H15F3N4O2S/c17-16(18,19)15(25)23-6-2-4-12(23)14(24)21-8-13-22-11(9-26-13)10-3-1-5-20-7-10/h1,3,5,7,9,12H,2,4,6,8H2,(H,21,24). The number of nitrogens with one attached hydrogen (secondary N) is 1. The lowest BCUT2D eigenvalue weighted by atomic mass is 10.2. The van der Waals surface area contributed by atoms with Crippen molar-refractivity contribution in [2.24, 2.45) is 0 Å². The molecule has 0 spiro atoms. The molecule has 1 saturated heterocycles. The molecule has 2 aromatic rings. The van der Waals surface area contributed by atoms with Gasteiger partial charge >= 0.3 is 12.1 Å². The molecule has 0 radical (unpaired) electrons. The van der Waals surface area contributed by atoms with Crippen LogP contribution in [0.1, 0.15) is 17.8 Å². The average Bonchev–Trinajstić information content (AvgIpc) is 3.28. The Kier molecular flexibility index (Phi) is 5.21. The number of carbonyl (C=O) groups excluding carboxylic acids is 2. The van der Waals surface area contributed by atoms with Crippen molar-refractivity contribution in [3.63, 3.8) is 0 Å². The van der Waals surface area contributed by atoms with E-state index >= 15 is 0 Å². The van der Waals surface area contributed by atoms with Gasteiger partial charge in [-0.1, -0.05) is 0 Å². The first-order chi connectivity index (χ1) is 12.4. The Hall–Kier alpha value is -2.49. The summed E-state index contributed by atoms with van der Waals surface area (Å²) in [6, 6.07) is 2.54. The fourth-order valence-electron chi connectivity index (χ4n) is 2.76. The molecule has 1 aliphatic heterocycles. The molecule has 6 nitrogen and oxygen atoms in total. The van der Waals surface area contributed by atoms with Crippen LogP contribution in [0.2, 0.25) is 0 Å². The molecule has 1 atom stereocenters. The molecule has 0 saturated carbocycles. The normalized spacial score (nSPS) is 17.3. The molecule has 1 unspecified atom stereocenters. The topological polar surface area (TPSA) is 75.2 Å². The fourth-order valence-corrected chi connectivity index (χ4v) is 3.51. The number of nitrogens with zero attached hydrogens (tertiary/aromatic N) is 3. The molecule has 0 bridgehead atoms. The molecule has 2 aromatic heterocycles. The van der Waals surface area contributed by atoms with E-state index in [1.807, 2.05) is 11.4 Å². The molecule has 1 N–H and O–H groups in total. The third-order valence-electron chi connectivity index (χ3n) is 3.98. The summed E-state index contributed by atoms with van der Waals surface area (Å²) in [6.45, 7) is 0.0210. The number of amides is 2. The molecule has 26 heavy (non-hydrogen) atoms. The predicted octanol–water partition coefficient (Wildman–Crippen LogP) is 2.37. The van der Waals surface area contributed by atoms with Crippen molar-refractivity contribution in [2.75, 3.05) is 6.54 Å². The molecule has 1 fully saturated rings. The number of likely N-dealkylation sites (tertiary alicyclic amines) is 1. The van der Waals surface area contributed by atoms with E-state index in [1.54, 1.807) is 18.5 Å². The molecule has 3 rings (SSSR count). The van der Waals surface area contributed by atoms with Gasteiger partial charge < -0.3 is 10.2 Å². The number of hydrogen-bond acceptors (Lipinski definition) is 5. The summed E-state index contributed by atoms with van der Waals surface area (Å²) in [4.78, 5) is 32.6. The number of thiazole rings is 1. The van der Waals surface area contributed by atoms with Gasteiger partial charge in [0, 0.05) is 29.9 Å². The maximum Gasteiger partial charge on any atom is 0.471 e. The lowest BCUT2D eigenvalue weighted by molar-refractivity contribution is -0.186. The molecule has 1 aliphatic rings. The monoisotopic (exact) mass is 384 g/mol. The number of rotatable bonds is 4. The molecule has 10 heteroatoms. The second kappa shape index (κ2) is 7.40. The van der Waals surface area contributed by atoms with Crippen LogP contribution in [0.4, 0.5) is 13.2 Å². The zero-order chi connectivity index (χ0) is 18.7.